The second kappa shape index (κ2) is 10.5. The van der Waals surface area contributed by atoms with Crippen LogP contribution < -0.4 is 59.1 Å². The van der Waals surface area contributed by atoms with Crippen LogP contribution in [-0.2, 0) is 26.1 Å². The maximum Gasteiger partial charge on any atom is 1.00 e. The third kappa shape index (κ3) is 5.76. The minimum atomic E-state index is 0. The van der Waals surface area contributed by atoms with Crippen molar-refractivity contribution in [3.05, 3.63) is 65.7 Å². The number of rotatable bonds is 2. The summed E-state index contributed by atoms with van der Waals surface area (Å²) in [5.41, 5.74) is 1.33. The Kier molecular flexibility index (Phi) is 12.2. The molecular formula is C13H9Na2OS2-. The second-order valence-corrected chi connectivity index (χ2v) is 3.61. The van der Waals surface area contributed by atoms with E-state index in [0.29, 0.717) is 11.1 Å². The number of hydrogen-bond acceptors (Lipinski definition) is 3. The molecule has 0 heterocycles. The minimum absolute atomic E-state index is 0. The van der Waals surface area contributed by atoms with Gasteiger partial charge < -0.3 is 26.1 Å². The fraction of sp³-hybridized carbons (Fsp3) is 0. The molecule has 0 saturated carbocycles. The fourth-order valence-electron chi connectivity index (χ4n) is 1.31. The largest absolute Gasteiger partial charge is 1.00 e. The van der Waals surface area contributed by atoms with E-state index in [1.807, 2.05) is 0 Å². The molecule has 0 bridgehead atoms. The summed E-state index contributed by atoms with van der Waals surface area (Å²) in [5.74, 6) is 0.0130. The standard InChI is InChI=1S/C13H9OS.2Na.H2S/c14-13(10-4-2-1-3-5-10)11-6-8-12(15)9-7-11;;;/h2-9,15H;;;1H2/q-1;2*+1;/p-2. The molecule has 0 aromatic heterocycles. The Hall–Kier alpha value is 0.680. The van der Waals surface area contributed by atoms with E-state index in [0.717, 1.165) is 4.90 Å². The summed E-state index contributed by atoms with van der Waals surface area (Å²) < 4.78 is 0. The molecule has 0 aliphatic rings. The fourth-order valence-corrected chi connectivity index (χ4v) is 1.45. The zero-order chi connectivity index (χ0) is 10.7. The predicted molar refractivity (Wildman–Crippen MR) is 69.5 cm³/mol. The number of hydrogen-bond donors (Lipinski definition) is 0. The predicted octanol–water partition coefficient (Wildman–Crippen LogP) is -3.64. The maximum atomic E-state index is 11.9. The maximum absolute atomic E-state index is 11.9. The number of ketones is 1. The SMILES string of the molecule is O=C(c1cc[c-]cc1)c1ccc([S-])cc1.[Na+].[Na+].[SH-]. The first-order valence-corrected chi connectivity index (χ1v) is 4.96. The third-order valence-electron chi connectivity index (χ3n) is 2.10. The van der Waals surface area contributed by atoms with Gasteiger partial charge in [-0.15, -0.1) is 0 Å². The van der Waals surface area contributed by atoms with Crippen molar-refractivity contribution >= 4 is 31.9 Å². The molecule has 0 spiro atoms. The summed E-state index contributed by atoms with van der Waals surface area (Å²) in [5, 5.41) is 0. The Morgan fingerprint density at radius 1 is 0.889 bits per heavy atom. The van der Waals surface area contributed by atoms with Gasteiger partial charge in [0, 0.05) is 5.56 Å². The van der Waals surface area contributed by atoms with Gasteiger partial charge in [0.25, 0.3) is 0 Å². The van der Waals surface area contributed by atoms with Gasteiger partial charge >= 0.3 is 59.1 Å². The normalized spacial score (nSPS) is 8.22. The average Bonchev–Trinajstić information content (AvgIpc) is 2.30. The molecule has 82 valence electrons. The zero-order valence-corrected chi connectivity index (χ0v) is 16.1. The summed E-state index contributed by atoms with van der Waals surface area (Å²) in [6.45, 7) is 0. The van der Waals surface area contributed by atoms with Crippen molar-refractivity contribution in [2.24, 2.45) is 0 Å². The smallest absolute Gasteiger partial charge is 0.813 e. The van der Waals surface area contributed by atoms with Crippen LogP contribution in [0.3, 0.4) is 0 Å². The van der Waals surface area contributed by atoms with Crippen LogP contribution in [-0.4, -0.2) is 5.78 Å². The molecule has 0 atom stereocenters. The molecule has 2 aromatic carbocycles. The van der Waals surface area contributed by atoms with E-state index in [1.54, 1.807) is 48.5 Å². The van der Waals surface area contributed by atoms with Gasteiger partial charge in [-0.25, -0.2) is 0 Å². The molecule has 1 nitrogen and oxygen atoms in total. The first-order chi connectivity index (χ1) is 7.27. The van der Waals surface area contributed by atoms with E-state index in [4.69, 9.17) is 12.6 Å². The van der Waals surface area contributed by atoms with E-state index >= 15 is 0 Å². The quantitative estimate of drug-likeness (QED) is 0.187. The second-order valence-electron chi connectivity index (χ2n) is 3.14. The van der Waals surface area contributed by atoms with Crippen LogP contribution in [0.2, 0.25) is 0 Å². The molecule has 5 heteroatoms. The van der Waals surface area contributed by atoms with Gasteiger partial charge in [0.1, 0.15) is 0 Å². The molecule has 0 saturated heterocycles. The van der Waals surface area contributed by atoms with Gasteiger partial charge in [0.2, 0.25) is 0 Å². The van der Waals surface area contributed by atoms with Gasteiger partial charge in [-0.1, -0.05) is 29.8 Å². The minimum Gasteiger partial charge on any atom is -0.813 e. The van der Waals surface area contributed by atoms with Crippen LogP contribution in [0.4, 0.5) is 0 Å². The van der Waals surface area contributed by atoms with E-state index in [-0.39, 0.29) is 78.4 Å². The summed E-state index contributed by atoms with van der Waals surface area (Å²) in [6.07, 6.45) is 0. The van der Waals surface area contributed by atoms with Crippen molar-refractivity contribution in [1.82, 2.24) is 0 Å². The molecule has 2 rings (SSSR count). The van der Waals surface area contributed by atoms with Crippen LogP contribution in [0.5, 0.6) is 0 Å². The van der Waals surface area contributed by atoms with Crippen molar-refractivity contribution in [3.8, 4) is 0 Å². The Morgan fingerprint density at radius 3 is 1.83 bits per heavy atom. The molecule has 0 amide bonds. The number of carbonyl (C=O) groups is 1. The molecule has 0 N–H and O–H groups in total. The molecule has 0 radical (unpaired) electrons. The van der Waals surface area contributed by atoms with Crippen LogP contribution in [0, 0.1) is 6.07 Å². The van der Waals surface area contributed by atoms with E-state index in [2.05, 4.69) is 6.07 Å². The summed E-state index contributed by atoms with van der Waals surface area (Å²) >= 11 is 4.96. The summed E-state index contributed by atoms with van der Waals surface area (Å²) in [4.78, 5) is 12.7. The third-order valence-corrected chi connectivity index (χ3v) is 2.37. The molecule has 0 aliphatic carbocycles. The van der Waals surface area contributed by atoms with Crippen LogP contribution in [0.25, 0.3) is 0 Å². The van der Waals surface area contributed by atoms with E-state index in [1.165, 1.54) is 0 Å². The molecule has 0 aliphatic heterocycles. The molecular weight excluding hydrogens is 282 g/mol. The summed E-state index contributed by atoms with van der Waals surface area (Å²) in [6, 6.07) is 16.9. The van der Waals surface area contributed by atoms with Gasteiger partial charge in [0.15, 0.2) is 5.78 Å². The molecule has 0 unspecified atom stereocenters. The van der Waals surface area contributed by atoms with Crippen molar-refractivity contribution in [1.29, 1.82) is 0 Å². The Morgan fingerprint density at radius 2 is 1.33 bits per heavy atom. The Labute approximate surface area is 164 Å². The average molecular weight is 291 g/mol. The Bertz CT molecular complexity index is 472. The van der Waals surface area contributed by atoms with Crippen molar-refractivity contribution < 1.29 is 63.9 Å². The molecule has 0 fully saturated rings. The van der Waals surface area contributed by atoms with Crippen LogP contribution in [0.1, 0.15) is 15.9 Å². The van der Waals surface area contributed by atoms with Crippen molar-refractivity contribution in [2.75, 3.05) is 0 Å². The first kappa shape index (κ1) is 21.0. The van der Waals surface area contributed by atoms with Gasteiger partial charge in [-0.2, -0.15) is 35.2 Å². The van der Waals surface area contributed by atoms with Crippen molar-refractivity contribution in [2.45, 2.75) is 4.90 Å². The zero-order valence-electron chi connectivity index (χ0n) is 10.4. The monoisotopic (exact) mass is 291 g/mol. The molecule has 18 heavy (non-hydrogen) atoms. The Balaban J connectivity index is 0. The number of thiol groups is 1. The van der Waals surface area contributed by atoms with Gasteiger partial charge in [0.05, 0.1) is 0 Å². The van der Waals surface area contributed by atoms with E-state index in [9.17, 15) is 4.79 Å². The van der Waals surface area contributed by atoms with Gasteiger partial charge in [-0.3, -0.25) is 4.79 Å². The number of benzene rings is 2. The topological polar surface area (TPSA) is 17.1 Å². The first-order valence-electron chi connectivity index (χ1n) is 4.55. The van der Waals surface area contributed by atoms with Crippen LogP contribution in [0.15, 0.2) is 53.4 Å². The molecule has 2 aromatic rings. The number of carbonyl (C=O) groups excluding carboxylic acids is 1. The summed E-state index contributed by atoms with van der Waals surface area (Å²) in [7, 11) is 0. The van der Waals surface area contributed by atoms with E-state index < -0.39 is 0 Å². The van der Waals surface area contributed by atoms with Gasteiger partial charge in [-0.05, 0) is 0 Å². The van der Waals surface area contributed by atoms with Crippen molar-refractivity contribution in [3.63, 3.8) is 0 Å². The van der Waals surface area contributed by atoms with Crippen LogP contribution >= 0.6 is 0 Å².